The van der Waals surface area contributed by atoms with Gasteiger partial charge in [0.15, 0.2) is 0 Å². The minimum absolute atomic E-state index is 0.971. The van der Waals surface area contributed by atoms with E-state index in [1.807, 2.05) is 6.21 Å². The largest absolute Gasteiger partial charge is 0.372 e. The molecule has 0 radical (unpaired) electrons. The number of nitrogens with zero attached hydrogens (tertiary/aromatic N) is 4. The number of fused-ring (bicyclic) bond motifs is 1. The second kappa shape index (κ2) is 9.77. The zero-order chi connectivity index (χ0) is 20.8. The minimum Gasteiger partial charge on any atom is -0.372 e. The van der Waals surface area contributed by atoms with Crippen molar-refractivity contribution in [3.8, 4) is 0 Å². The van der Waals surface area contributed by atoms with Crippen molar-refractivity contribution in [3.05, 3.63) is 77.9 Å². The van der Waals surface area contributed by atoms with Crippen molar-refractivity contribution in [1.29, 1.82) is 0 Å². The third-order valence-corrected chi connectivity index (χ3v) is 6.01. The first-order valence-corrected chi connectivity index (χ1v) is 11.1. The van der Waals surface area contributed by atoms with Gasteiger partial charge in [0.05, 0.1) is 6.21 Å². The lowest BCUT2D eigenvalue weighted by Gasteiger charge is -2.33. The van der Waals surface area contributed by atoms with Gasteiger partial charge in [0.2, 0.25) is 0 Å². The predicted molar refractivity (Wildman–Crippen MR) is 128 cm³/mol. The van der Waals surface area contributed by atoms with E-state index >= 15 is 0 Å². The summed E-state index contributed by atoms with van der Waals surface area (Å²) >= 11 is 0. The maximum absolute atomic E-state index is 4.73. The molecule has 0 saturated carbocycles. The van der Waals surface area contributed by atoms with Crippen molar-refractivity contribution >= 4 is 22.7 Å². The average Bonchev–Trinajstić information content (AvgIpc) is 2.80. The van der Waals surface area contributed by atoms with Gasteiger partial charge in [0.25, 0.3) is 0 Å². The molecule has 1 aliphatic rings. The molecule has 0 bridgehead atoms. The van der Waals surface area contributed by atoms with Crippen molar-refractivity contribution in [1.82, 2.24) is 9.91 Å². The Kier molecular flexibility index (Phi) is 6.65. The molecule has 3 aromatic rings. The Morgan fingerprint density at radius 2 is 1.53 bits per heavy atom. The Morgan fingerprint density at radius 3 is 2.27 bits per heavy atom. The lowest BCUT2D eigenvalue weighted by Crippen LogP contribution is -2.43. The van der Waals surface area contributed by atoms with E-state index in [9.17, 15) is 0 Å². The Hall–Kier alpha value is -2.85. The van der Waals surface area contributed by atoms with E-state index in [0.717, 1.165) is 51.4 Å². The summed E-state index contributed by atoms with van der Waals surface area (Å²) in [7, 11) is 0. The molecule has 0 unspecified atom stereocenters. The fourth-order valence-electron chi connectivity index (χ4n) is 4.19. The molecule has 1 aliphatic heterocycles. The van der Waals surface area contributed by atoms with E-state index in [1.54, 1.807) is 0 Å². The quantitative estimate of drug-likeness (QED) is 0.530. The molecule has 0 aliphatic carbocycles. The van der Waals surface area contributed by atoms with Gasteiger partial charge >= 0.3 is 0 Å². The summed E-state index contributed by atoms with van der Waals surface area (Å²) in [6.45, 7) is 11.5. The van der Waals surface area contributed by atoms with Crippen LogP contribution in [0, 0.1) is 0 Å². The fourth-order valence-corrected chi connectivity index (χ4v) is 4.19. The number of anilines is 1. The van der Waals surface area contributed by atoms with Crippen LogP contribution in [0.25, 0.3) is 10.8 Å². The Bertz CT molecular complexity index is 962. The molecule has 4 nitrogen and oxygen atoms in total. The second-order valence-electron chi connectivity index (χ2n) is 7.88. The van der Waals surface area contributed by atoms with E-state index in [0.29, 0.717) is 0 Å². The number of piperazine rings is 1. The first-order valence-electron chi connectivity index (χ1n) is 11.1. The van der Waals surface area contributed by atoms with E-state index in [2.05, 4.69) is 95.4 Å². The summed E-state index contributed by atoms with van der Waals surface area (Å²) in [5.41, 5.74) is 3.85. The topological polar surface area (TPSA) is 22.1 Å². The molecule has 0 amide bonds. The number of hydrogen-bond acceptors (Lipinski definition) is 4. The first kappa shape index (κ1) is 20.4. The van der Waals surface area contributed by atoms with Gasteiger partial charge in [0.1, 0.15) is 0 Å². The van der Waals surface area contributed by atoms with Crippen molar-refractivity contribution in [2.45, 2.75) is 20.4 Å². The number of benzene rings is 3. The molecule has 1 heterocycles. The summed E-state index contributed by atoms with van der Waals surface area (Å²) in [6.07, 6.45) is 1.99. The highest BCUT2D eigenvalue weighted by atomic mass is 15.5. The van der Waals surface area contributed by atoms with E-state index in [-0.39, 0.29) is 0 Å². The van der Waals surface area contributed by atoms with Gasteiger partial charge in [-0.05, 0) is 47.9 Å². The van der Waals surface area contributed by atoms with E-state index in [1.165, 1.54) is 22.0 Å². The van der Waals surface area contributed by atoms with Gasteiger partial charge in [-0.1, -0.05) is 54.6 Å². The van der Waals surface area contributed by atoms with Crippen molar-refractivity contribution in [2.75, 3.05) is 44.2 Å². The molecule has 1 saturated heterocycles. The van der Waals surface area contributed by atoms with Crippen LogP contribution in [0.5, 0.6) is 0 Å². The van der Waals surface area contributed by atoms with Crippen LogP contribution in [0.3, 0.4) is 0 Å². The number of hydrazone groups is 1. The highest BCUT2D eigenvalue weighted by Gasteiger charge is 2.16. The lowest BCUT2D eigenvalue weighted by atomic mass is 10.0. The number of hydrogen-bond donors (Lipinski definition) is 0. The molecule has 0 spiro atoms. The van der Waals surface area contributed by atoms with Crippen molar-refractivity contribution in [3.63, 3.8) is 0 Å². The van der Waals surface area contributed by atoms with Crippen LogP contribution >= 0.6 is 0 Å². The normalized spacial score (nSPS) is 15.2. The summed E-state index contributed by atoms with van der Waals surface area (Å²) in [5, 5.41) is 9.61. The zero-order valence-corrected chi connectivity index (χ0v) is 18.2. The molecule has 4 rings (SSSR count). The van der Waals surface area contributed by atoms with E-state index < -0.39 is 0 Å². The summed E-state index contributed by atoms with van der Waals surface area (Å²) in [4.78, 5) is 4.89. The van der Waals surface area contributed by atoms with Gasteiger partial charge < -0.3 is 4.90 Å². The Balaban J connectivity index is 1.31. The fraction of sp³-hybridized carbons (Fsp3) is 0.346. The van der Waals surface area contributed by atoms with Crippen molar-refractivity contribution in [2.24, 2.45) is 5.10 Å². The summed E-state index contributed by atoms with van der Waals surface area (Å²) in [5.74, 6) is 0. The lowest BCUT2D eigenvalue weighted by molar-refractivity contribution is 0.131. The van der Waals surface area contributed by atoms with Gasteiger partial charge in [-0.15, -0.1) is 0 Å². The molecule has 0 N–H and O–H groups in total. The summed E-state index contributed by atoms with van der Waals surface area (Å²) < 4.78 is 0. The third kappa shape index (κ3) is 4.82. The van der Waals surface area contributed by atoms with Crippen LogP contribution in [-0.2, 0) is 6.54 Å². The van der Waals surface area contributed by atoms with Crippen LogP contribution in [0.2, 0.25) is 0 Å². The molecule has 3 aromatic carbocycles. The standard InChI is InChI=1S/C26H32N4/c1-3-29(4-2)25-14-12-22(13-15-25)20-27-30-18-16-28(17-19-30)21-24-10-7-9-23-8-5-6-11-26(23)24/h5-15,20H,3-4,16-19,21H2,1-2H3. The molecule has 0 atom stereocenters. The maximum Gasteiger partial charge on any atom is 0.0542 e. The second-order valence-corrected chi connectivity index (χ2v) is 7.88. The van der Waals surface area contributed by atoms with Crippen LogP contribution in [0.15, 0.2) is 71.8 Å². The highest BCUT2D eigenvalue weighted by Crippen LogP contribution is 2.20. The number of rotatable bonds is 7. The first-order chi connectivity index (χ1) is 14.8. The Labute approximate surface area is 180 Å². The minimum atomic E-state index is 0.971. The van der Waals surface area contributed by atoms with E-state index in [4.69, 9.17) is 5.10 Å². The van der Waals surface area contributed by atoms with Gasteiger partial charge in [-0.2, -0.15) is 5.10 Å². The van der Waals surface area contributed by atoms with Gasteiger partial charge in [-0.3, -0.25) is 9.91 Å². The Morgan fingerprint density at radius 1 is 0.833 bits per heavy atom. The predicted octanol–water partition coefficient (Wildman–Crippen LogP) is 4.84. The van der Waals surface area contributed by atoms with Crippen LogP contribution in [0.4, 0.5) is 5.69 Å². The van der Waals surface area contributed by atoms with Crippen LogP contribution < -0.4 is 4.90 Å². The molecule has 0 aromatic heterocycles. The summed E-state index contributed by atoms with van der Waals surface area (Å²) in [6, 6.07) is 24.0. The van der Waals surface area contributed by atoms with Crippen LogP contribution in [-0.4, -0.2) is 55.4 Å². The molecular formula is C26H32N4. The zero-order valence-electron chi connectivity index (χ0n) is 18.2. The van der Waals surface area contributed by atoms with Crippen molar-refractivity contribution < 1.29 is 0 Å². The average molecular weight is 401 g/mol. The smallest absolute Gasteiger partial charge is 0.0542 e. The van der Waals surface area contributed by atoms with Crippen LogP contribution in [0.1, 0.15) is 25.0 Å². The van der Waals surface area contributed by atoms with Gasteiger partial charge in [0, 0.05) is 51.5 Å². The molecular weight excluding hydrogens is 368 g/mol. The molecule has 1 fully saturated rings. The SMILES string of the molecule is CCN(CC)c1ccc(C=NN2CCN(Cc3cccc4ccccc34)CC2)cc1. The third-order valence-electron chi connectivity index (χ3n) is 6.01. The molecule has 30 heavy (non-hydrogen) atoms. The molecule has 4 heteroatoms. The molecule has 156 valence electrons. The van der Waals surface area contributed by atoms with Gasteiger partial charge in [-0.25, -0.2) is 0 Å². The maximum atomic E-state index is 4.73. The monoisotopic (exact) mass is 400 g/mol. The highest BCUT2D eigenvalue weighted by molar-refractivity contribution is 5.85.